The second-order valence-corrected chi connectivity index (χ2v) is 6.69. The van der Waals surface area contributed by atoms with E-state index in [0.29, 0.717) is 34.5 Å². The number of anilines is 3. The zero-order chi connectivity index (χ0) is 20.8. The first kappa shape index (κ1) is 20.1. The fourth-order valence-electron chi connectivity index (χ4n) is 2.66. The quantitative estimate of drug-likeness (QED) is 0.612. The molecule has 29 heavy (non-hydrogen) atoms. The van der Waals surface area contributed by atoms with Crippen molar-refractivity contribution in [3.05, 3.63) is 66.0 Å². The molecule has 0 aliphatic carbocycles. The SMILES string of the molecule is COc1cccc(C(=O)Nc2ccc(Nc3cc(OC(C)C)nc(C)n3)cc2)c1. The number of rotatable bonds is 7. The van der Waals surface area contributed by atoms with Crippen LogP contribution in [-0.4, -0.2) is 29.1 Å². The highest BCUT2D eigenvalue weighted by molar-refractivity contribution is 6.04. The van der Waals surface area contributed by atoms with Gasteiger partial charge < -0.3 is 20.1 Å². The van der Waals surface area contributed by atoms with Gasteiger partial charge in [0.25, 0.3) is 5.91 Å². The summed E-state index contributed by atoms with van der Waals surface area (Å²) in [5.41, 5.74) is 2.05. The van der Waals surface area contributed by atoms with Crippen LogP contribution in [0.4, 0.5) is 17.2 Å². The second kappa shape index (κ2) is 9.05. The lowest BCUT2D eigenvalue weighted by molar-refractivity contribution is 0.102. The molecular formula is C22H24N4O3. The highest BCUT2D eigenvalue weighted by Gasteiger charge is 2.08. The molecule has 0 spiro atoms. The van der Waals surface area contributed by atoms with Crippen molar-refractivity contribution in [2.45, 2.75) is 26.9 Å². The van der Waals surface area contributed by atoms with E-state index in [9.17, 15) is 4.79 Å². The Morgan fingerprint density at radius 3 is 2.41 bits per heavy atom. The van der Waals surface area contributed by atoms with Crippen molar-refractivity contribution in [2.75, 3.05) is 17.7 Å². The number of hydrogen-bond donors (Lipinski definition) is 2. The predicted octanol–water partition coefficient (Wildman–Crippen LogP) is 4.58. The summed E-state index contributed by atoms with van der Waals surface area (Å²) in [6, 6.07) is 16.1. The first-order chi connectivity index (χ1) is 13.9. The van der Waals surface area contributed by atoms with Crippen molar-refractivity contribution in [3.63, 3.8) is 0 Å². The molecule has 0 atom stereocenters. The normalized spacial score (nSPS) is 10.5. The van der Waals surface area contributed by atoms with Gasteiger partial charge in [0.1, 0.15) is 17.4 Å². The van der Waals surface area contributed by atoms with E-state index in [1.54, 1.807) is 37.4 Å². The molecule has 7 heteroatoms. The van der Waals surface area contributed by atoms with Gasteiger partial charge in [0.15, 0.2) is 0 Å². The second-order valence-electron chi connectivity index (χ2n) is 6.69. The highest BCUT2D eigenvalue weighted by atomic mass is 16.5. The monoisotopic (exact) mass is 392 g/mol. The lowest BCUT2D eigenvalue weighted by Crippen LogP contribution is -2.11. The molecule has 0 radical (unpaired) electrons. The molecule has 0 aliphatic rings. The summed E-state index contributed by atoms with van der Waals surface area (Å²) in [6.45, 7) is 5.71. The van der Waals surface area contributed by atoms with Crippen LogP contribution in [-0.2, 0) is 0 Å². The third-order valence-corrected chi connectivity index (χ3v) is 3.92. The van der Waals surface area contributed by atoms with Gasteiger partial charge in [-0.3, -0.25) is 4.79 Å². The minimum Gasteiger partial charge on any atom is -0.497 e. The number of aromatic nitrogens is 2. The minimum atomic E-state index is -0.202. The van der Waals surface area contributed by atoms with Gasteiger partial charge in [-0.15, -0.1) is 0 Å². The predicted molar refractivity (Wildman–Crippen MR) is 113 cm³/mol. The number of carbonyl (C=O) groups is 1. The Bertz CT molecular complexity index is 988. The van der Waals surface area contributed by atoms with E-state index in [1.807, 2.05) is 45.0 Å². The van der Waals surface area contributed by atoms with Crippen molar-refractivity contribution in [3.8, 4) is 11.6 Å². The summed E-state index contributed by atoms with van der Waals surface area (Å²) in [4.78, 5) is 21.1. The number of nitrogens with zero attached hydrogens (tertiary/aromatic N) is 2. The maximum atomic E-state index is 12.4. The van der Waals surface area contributed by atoms with E-state index >= 15 is 0 Å². The average Bonchev–Trinajstić information content (AvgIpc) is 2.68. The van der Waals surface area contributed by atoms with Crippen LogP contribution in [0, 0.1) is 6.92 Å². The van der Waals surface area contributed by atoms with Crippen LogP contribution < -0.4 is 20.1 Å². The number of benzene rings is 2. The summed E-state index contributed by atoms with van der Waals surface area (Å²) >= 11 is 0. The maximum Gasteiger partial charge on any atom is 0.255 e. The van der Waals surface area contributed by atoms with E-state index < -0.39 is 0 Å². The third-order valence-electron chi connectivity index (χ3n) is 3.92. The number of ether oxygens (including phenoxy) is 2. The van der Waals surface area contributed by atoms with Gasteiger partial charge in [0.05, 0.1) is 13.2 Å². The molecule has 0 aliphatic heterocycles. The van der Waals surface area contributed by atoms with Crippen LogP contribution in [0.5, 0.6) is 11.6 Å². The summed E-state index contributed by atoms with van der Waals surface area (Å²) in [5, 5.41) is 6.10. The largest absolute Gasteiger partial charge is 0.497 e. The smallest absolute Gasteiger partial charge is 0.255 e. The van der Waals surface area contributed by atoms with Crippen LogP contribution in [0.2, 0.25) is 0 Å². The molecule has 2 N–H and O–H groups in total. The topological polar surface area (TPSA) is 85.4 Å². The standard InChI is InChI=1S/C22H24N4O3/c1-14(2)29-21-13-20(23-15(3)24-21)25-17-8-10-18(11-9-17)26-22(27)16-6-5-7-19(12-16)28-4/h5-14H,1-4H3,(H,26,27)(H,23,24,25). The molecule has 0 bridgehead atoms. The molecule has 1 aromatic heterocycles. The molecule has 7 nitrogen and oxygen atoms in total. The van der Waals surface area contributed by atoms with E-state index in [1.165, 1.54) is 0 Å². The molecule has 2 aromatic carbocycles. The Morgan fingerprint density at radius 2 is 1.72 bits per heavy atom. The maximum absolute atomic E-state index is 12.4. The lowest BCUT2D eigenvalue weighted by atomic mass is 10.2. The molecule has 0 saturated carbocycles. The molecule has 1 heterocycles. The Kier molecular flexibility index (Phi) is 6.29. The summed E-state index contributed by atoms with van der Waals surface area (Å²) in [7, 11) is 1.57. The fraction of sp³-hybridized carbons (Fsp3) is 0.227. The fourth-order valence-corrected chi connectivity index (χ4v) is 2.66. The van der Waals surface area contributed by atoms with E-state index in [-0.39, 0.29) is 12.0 Å². The number of nitrogens with one attached hydrogen (secondary N) is 2. The zero-order valence-corrected chi connectivity index (χ0v) is 16.9. The molecule has 3 aromatic rings. The van der Waals surface area contributed by atoms with Crippen LogP contribution in [0.1, 0.15) is 30.0 Å². The van der Waals surface area contributed by atoms with Gasteiger partial charge in [0, 0.05) is 23.0 Å². The molecule has 0 saturated heterocycles. The van der Waals surface area contributed by atoms with E-state index in [2.05, 4.69) is 20.6 Å². The van der Waals surface area contributed by atoms with Gasteiger partial charge in [-0.2, -0.15) is 4.98 Å². The first-order valence-electron chi connectivity index (χ1n) is 9.28. The van der Waals surface area contributed by atoms with Crippen LogP contribution >= 0.6 is 0 Å². The minimum absolute atomic E-state index is 0.0321. The molecule has 0 fully saturated rings. The van der Waals surface area contributed by atoms with Crippen LogP contribution in [0.25, 0.3) is 0 Å². The molecule has 1 amide bonds. The van der Waals surface area contributed by atoms with Gasteiger partial charge in [-0.1, -0.05) is 6.07 Å². The average molecular weight is 392 g/mol. The molecule has 150 valence electrons. The van der Waals surface area contributed by atoms with Crippen LogP contribution in [0.15, 0.2) is 54.6 Å². The number of methoxy groups -OCH3 is 1. The summed E-state index contributed by atoms with van der Waals surface area (Å²) in [6.07, 6.45) is 0.0321. The molecular weight excluding hydrogens is 368 g/mol. The van der Waals surface area contributed by atoms with Crippen molar-refractivity contribution < 1.29 is 14.3 Å². The zero-order valence-electron chi connectivity index (χ0n) is 16.9. The van der Waals surface area contributed by atoms with E-state index in [4.69, 9.17) is 9.47 Å². The Labute approximate surface area is 170 Å². The number of aryl methyl sites for hydroxylation is 1. The molecule has 0 unspecified atom stereocenters. The Hall–Kier alpha value is -3.61. The highest BCUT2D eigenvalue weighted by Crippen LogP contribution is 2.21. The summed E-state index contributed by atoms with van der Waals surface area (Å²) < 4.78 is 10.8. The van der Waals surface area contributed by atoms with Gasteiger partial charge >= 0.3 is 0 Å². The Morgan fingerprint density at radius 1 is 1.00 bits per heavy atom. The van der Waals surface area contributed by atoms with Crippen molar-refractivity contribution in [2.24, 2.45) is 0 Å². The van der Waals surface area contributed by atoms with Crippen LogP contribution in [0.3, 0.4) is 0 Å². The van der Waals surface area contributed by atoms with Gasteiger partial charge in [-0.05, 0) is 63.2 Å². The number of carbonyl (C=O) groups excluding carboxylic acids is 1. The van der Waals surface area contributed by atoms with Gasteiger partial charge in [-0.25, -0.2) is 4.98 Å². The van der Waals surface area contributed by atoms with Crippen molar-refractivity contribution >= 4 is 23.1 Å². The Balaban J connectivity index is 1.67. The molecule has 3 rings (SSSR count). The number of amides is 1. The third kappa shape index (κ3) is 5.68. The van der Waals surface area contributed by atoms with Gasteiger partial charge in [0.2, 0.25) is 5.88 Å². The lowest BCUT2D eigenvalue weighted by Gasteiger charge is -2.12. The number of hydrogen-bond acceptors (Lipinski definition) is 6. The summed E-state index contributed by atoms with van der Waals surface area (Å²) in [5.74, 6) is 2.22. The van der Waals surface area contributed by atoms with Crippen molar-refractivity contribution in [1.29, 1.82) is 0 Å². The van der Waals surface area contributed by atoms with E-state index in [0.717, 1.165) is 5.69 Å². The first-order valence-corrected chi connectivity index (χ1v) is 9.28. The van der Waals surface area contributed by atoms with Crippen molar-refractivity contribution in [1.82, 2.24) is 9.97 Å².